The first-order valence-electron chi connectivity index (χ1n) is 8.18. The number of carbonyl (C=O) groups excluding carboxylic acids is 1. The molecule has 4 rings (SSSR count). The molecule has 0 aliphatic heterocycles. The predicted molar refractivity (Wildman–Crippen MR) is 97.5 cm³/mol. The summed E-state index contributed by atoms with van der Waals surface area (Å²) in [6.07, 6.45) is 1.50. The standard InChI is InChI=1S/C19H17N5O2/c1-11-4-7-15-13(3)18(26-17(15)8-11)19(25)21-16-9-14(6-5-12(16)2)24-10-20-22-23-24/h4-10H,1-3H3,(H,21,25). The van der Waals surface area contributed by atoms with Crippen LogP contribution in [0, 0.1) is 20.8 Å². The van der Waals surface area contributed by atoms with Gasteiger partial charge in [-0.2, -0.15) is 0 Å². The fourth-order valence-corrected chi connectivity index (χ4v) is 2.90. The molecular weight excluding hydrogens is 330 g/mol. The third-order valence-electron chi connectivity index (χ3n) is 4.38. The van der Waals surface area contributed by atoms with Gasteiger partial charge in [-0.3, -0.25) is 4.79 Å². The largest absolute Gasteiger partial charge is 0.451 e. The molecule has 0 atom stereocenters. The SMILES string of the molecule is Cc1ccc2c(C)c(C(=O)Nc3cc(-n4cnnn4)ccc3C)oc2c1. The van der Waals surface area contributed by atoms with Gasteiger partial charge in [-0.05, 0) is 60.5 Å². The van der Waals surface area contributed by atoms with Crippen molar-refractivity contribution in [2.75, 3.05) is 5.32 Å². The summed E-state index contributed by atoms with van der Waals surface area (Å²) in [7, 11) is 0. The highest BCUT2D eigenvalue weighted by Gasteiger charge is 2.18. The van der Waals surface area contributed by atoms with Gasteiger partial charge in [-0.25, -0.2) is 4.68 Å². The van der Waals surface area contributed by atoms with Gasteiger partial charge in [-0.15, -0.1) is 5.10 Å². The number of tetrazole rings is 1. The lowest BCUT2D eigenvalue weighted by Gasteiger charge is -2.09. The molecule has 0 radical (unpaired) electrons. The van der Waals surface area contributed by atoms with Crippen LogP contribution >= 0.6 is 0 Å². The summed E-state index contributed by atoms with van der Waals surface area (Å²) < 4.78 is 7.34. The van der Waals surface area contributed by atoms with Gasteiger partial charge in [-0.1, -0.05) is 18.2 Å². The quantitative estimate of drug-likeness (QED) is 0.612. The Labute approximate surface area is 149 Å². The van der Waals surface area contributed by atoms with E-state index in [2.05, 4.69) is 20.8 Å². The maximum absolute atomic E-state index is 12.8. The van der Waals surface area contributed by atoms with E-state index in [1.165, 1.54) is 11.0 Å². The Balaban J connectivity index is 1.68. The number of rotatable bonds is 3. The molecule has 0 aliphatic carbocycles. The summed E-state index contributed by atoms with van der Waals surface area (Å²) in [4.78, 5) is 12.8. The lowest BCUT2D eigenvalue weighted by molar-refractivity contribution is 0.0998. The van der Waals surface area contributed by atoms with Crippen molar-refractivity contribution in [3.8, 4) is 5.69 Å². The zero-order valence-corrected chi connectivity index (χ0v) is 14.6. The number of amides is 1. The average Bonchev–Trinajstić information content (AvgIpc) is 3.25. The number of carbonyl (C=O) groups is 1. The van der Waals surface area contributed by atoms with Crippen LogP contribution in [0.4, 0.5) is 5.69 Å². The van der Waals surface area contributed by atoms with Crippen molar-refractivity contribution in [3.63, 3.8) is 0 Å². The second-order valence-corrected chi connectivity index (χ2v) is 6.26. The number of aromatic nitrogens is 4. The van der Waals surface area contributed by atoms with E-state index < -0.39 is 0 Å². The summed E-state index contributed by atoms with van der Waals surface area (Å²) in [5.74, 6) is 0.0335. The first-order valence-corrected chi connectivity index (χ1v) is 8.18. The van der Waals surface area contributed by atoms with Crippen LogP contribution in [0.1, 0.15) is 27.2 Å². The number of fused-ring (bicyclic) bond motifs is 1. The van der Waals surface area contributed by atoms with E-state index in [1.54, 1.807) is 0 Å². The van der Waals surface area contributed by atoms with Crippen molar-refractivity contribution in [1.82, 2.24) is 20.2 Å². The highest BCUT2D eigenvalue weighted by molar-refractivity contribution is 6.06. The van der Waals surface area contributed by atoms with Crippen LogP contribution < -0.4 is 5.32 Å². The minimum atomic E-state index is -0.284. The summed E-state index contributed by atoms with van der Waals surface area (Å²) in [5.41, 5.74) is 4.99. The Morgan fingerprint density at radius 3 is 2.73 bits per heavy atom. The van der Waals surface area contributed by atoms with E-state index in [0.29, 0.717) is 17.0 Å². The zero-order chi connectivity index (χ0) is 18.3. The Bertz CT molecular complexity index is 1110. The van der Waals surface area contributed by atoms with Gasteiger partial charge in [0.1, 0.15) is 11.9 Å². The van der Waals surface area contributed by atoms with Gasteiger partial charge in [0.05, 0.1) is 5.69 Å². The molecule has 0 unspecified atom stereocenters. The van der Waals surface area contributed by atoms with Crippen molar-refractivity contribution >= 4 is 22.6 Å². The number of aryl methyl sites for hydroxylation is 3. The smallest absolute Gasteiger partial charge is 0.291 e. The number of furan rings is 1. The Kier molecular flexibility index (Phi) is 3.76. The lowest BCUT2D eigenvalue weighted by atomic mass is 10.1. The number of nitrogens with zero attached hydrogens (tertiary/aromatic N) is 4. The van der Waals surface area contributed by atoms with E-state index >= 15 is 0 Å². The lowest BCUT2D eigenvalue weighted by Crippen LogP contribution is -2.13. The van der Waals surface area contributed by atoms with E-state index in [4.69, 9.17) is 4.42 Å². The van der Waals surface area contributed by atoms with Crippen molar-refractivity contribution in [3.05, 3.63) is 65.2 Å². The minimum Gasteiger partial charge on any atom is -0.451 e. The fourth-order valence-electron chi connectivity index (χ4n) is 2.90. The molecule has 0 saturated heterocycles. The van der Waals surface area contributed by atoms with Gasteiger partial charge in [0.2, 0.25) is 0 Å². The molecule has 2 aromatic heterocycles. The van der Waals surface area contributed by atoms with Gasteiger partial charge in [0, 0.05) is 16.6 Å². The normalized spacial score (nSPS) is 11.0. The van der Waals surface area contributed by atoms with Crippen LogP contribution in [0.2, 0.25) is 0 Å². The second-order valence-electron chi connectivity index (χ2n) is 6.26. The molecule has 26 heavy (non-hydrogen) atoms. The number of benzene rings is 2. The van der Waals surface area contributed by atoms with E-state index in [1.807, 2.05) is 57.2 Å². The Morgan fingerprint density at radius 2 is 1.96 bits per heavy atom. The van der Waals surface area contributed by atoms with Gasteiger partial charge < -0.3 is 9.73 Å². The zero-order valence-electron chi connectivity index (χ0n) is 14.6. The molecule has 0 aliphatic rings. The monoisotopic (exact) mass is 347 g/mol. The molecular formula is C19H17N5O2. The van der Waals surface area contributed by atoms with Crippen LogP contribution in [-0.4, -0.2) is 26.1 Å². The highest BCUT2D eigenvalue weighted by atomic mass is 16.3. The van der Waals surface area contributed by atoms with Crippen molar-refractivity contribution in [2.45, 2.75) is 20.8 Å². The molecule has 1 N–H and O–H groups in total. The molecule has 2 heterocycles. The molecule has 4 aromatic rings. The predicted octanol–water partition coefficient (Wildman–Crippen LogP) is 3.59. The fraction of sp³-hybridized carbons (Fsp3) is 0.158. The molecule has 1 amide bonds. The van der Waals surface area contributed by atoms with E-state index in [0.717, 1.165) is 27.8 Å². The topological polar surface area (TPSA) is 85.8 Å². The molecule has 0 bridgehead atoms. The molecule has 130 valence electrons. The van der Waals surface area contributed by atoms with Crippen molar-refractivity contribution < 1.29 is 9.21 Å². The summed E-state index contributed by atoms with van der Waals surface area (Å²) in [6, 6.07) is 11.5. The molecule has 7 heteroatoms. The number of hydrogen-bond acceptors (Lipinski definition) is 5. The van der Waals surface area contributed by atoms with Crippen LogP contribution in [0.25, 0.3) is 16.7 Å². The number of hydrogen-bond donors (Lipinski definition) is 1. The Morgan fingerprint density at radius 1 is 1.12 bits per heavy atom. The third kappa shape index (κ3) is 2.73. The molecule has 2 aromatic carbocycles. The van der Waals surface area contributed by atoms with E-state index in [9.17, 15) is 4.79 Å². The summed E-state index contributed by atoms with van der Waals surface area (Å²) >= 11 is 0. The van der Waals surface area contributed by atoms with Crippen molar-refractivity contribution in [1.29, 1.82) is 0 Å². The Hall–Kier alpha value is -3.48. The average molecular weight is 347 g/mol. The summed E-state index contributed by atoms with van der Waals surface area (Å²) in [6.45, 7) is 5.80. The van der Waals surface area contributed by atoms with Gasteiger partial charge in [0.25, 0.3) is 5.91 Å². The first kappa shape index (κ1) is 16.0. The first-order chi connectivity index (χ1) is 12.5. The maximum atomic E-state index is 12.8. The van der Waals surface area contributed by atoms with Gasteiger partial charge in [0.15, 0.2) is 5.76 Å². The second kappa shape index (κ2) is 6.11. The van der Waals surface area contributed by atoms with Crippen LogP contribution in [-0.2, 0) is 0 Å². The maximum Gasteiger partial charge on any atom is 0.291 e. The molecule has 0 spiro atoms. The summed E-state index contributed by atoms with van der Waals surface area (Å²) in [5, 5.41) is 15.0. The van der Waals surface area contributed by atoms with Crippen LogP contribution in [0.15, 0.2) is 47.1 Å². The van der Waals surface area contributed by atoms with Crippen molar-refractivity contribution in [2.24, 2.45) is 0 Å². The number of nitrogens with one attached hydrogen (secondary N) is 1. The molecule has 0 saturated carbocycles. The minimum absolute atomic E-state index is 0.284. The highest BCUT2D eigenvalue weighted by Crippen LogP contribution is 2.27. The third-order valence-corrected chi connectivity index (χ3v) is 4.38. The van der Waals surface area contributed by atoms with Gasteiger partial charge >= 0.3 is 0 Å². The molecule has 0 fully saturated rings. The number of anilines is 1. The van der Waals surface area contributed by atoms with E-state index in [-0.39, 0.29) is 5.91 Å². The molecule has 7 nitrogen and oxygen atoms in total. The van der Waals surface area contributed by atoms with Crippen LogP contribution in [0.5, 0.6) is 0 Å². The van der Waals surface area contributed by atoms with Crippen LogP contribution in [0.3, 0.4) is 0 Å².